The Hall–Kier alpha value is -4.19. The van der Waals surface area contributed by atoms with Crippen molar-refractivity contribution in [2.24, 2.45) is 0 Å². The van der Waals surface area contributed by atoms with Crippen LogP contribution in [0, 0.1) is 23.3 Å². The van der Waals surface area contributed by atoms with E-state index < -0.39 is 40.6 Å². The minimum atomic E-state index is -1.39. The highest BCUT2D eigenvalue weighted by molar-refractivity contribution is 5.92. The van der Waals surface area contributed by atoms with E-state index in [1.54, 1.807) is 31.2 Å². The highest BCUT2D eigenvalue weighted by atomic mass is 19.1. The maximum Gasteiger partial charge on any atom is 0.349 e. The molecule has 39 heavy (non-hydrogen) atoms. The van der Waals surface area contributed by atoms with Gasteiger partial charge in [-0.25, -0.2) is 22.4 Å². The minimum Gasteiger partial charge on any atom is -0.423 e. The standard InChI is InChI=1S/C33H28F4O2/c1-3-4-6-11-27-28(34)19-26(20-29(27)35)39-33(38)32-30(36)17-25(18-31(32)37)24-14-12-22(13-15-24)16-21(2)23-9-7-5-8-10-23/h3-5,7-10,12-15,17-21H,6,11,16H2,1-2H3/t21-/m1/s1. The summed E-state index contributed by atoms with van der Waals surface area (Å²) >= 11 is 0. The number of hydrogen-bond donors (Lipinski definition) is 0. The Morgan fingerprint density at radius 2 is 1.44 bits per heavy atom. The molecule has 200 valence electrons. The minimum absolute atomic E-state index is 0.119. The van der Waals surface area contributed by atoms with Crippen LogP contribution in [0.3, 0.4) is 0 Å². The number of carbonyl (C=O) groups is 1. The molecule has 0 unspecified atom stereocenters. The molecule has 0 saturated heterocycles. The van der Waals surface area contributed by atoms with E-state index in [1.807, 2.05) is 30.3 Å². The fraction of sp³-hybridized carbons (Fsp3) is 0.182. The number of hydrogen-bond acceptors (Lipinski definition) is 2. The van der Waals surface area contributed by atoms with Crippen LogP contribution >= 0.6 is 0 Å². The van der Waals surface area contributed by atoms with Gasteiger partial charge in [0.1, 0.15) is 34.6 Å². The molecule has 0 bridgehead atoms. The second-order valence-corrected chi connectivity index (χ2v) is 9.39. The predicted octanol–water partition coefficient (Wildman–Crippen LogP) is 8.98. The highest BCUT2D eigenvalue weighted by Crippen LogP contribution is 2.28. The number of ether oxygens (including phenoxy) is 1. The van der Waals surface area contributed by atoms with Crippen LogP contribution in [0.1, 0.15) is 53.2 Å². The Bertz CT molecular complexity index is 1430. The molecule has 0 spiro atoms. The zero-order valence-electron chi connectivity index (χ0n) is 21.7. The molecule has 6 heteroatoms. The molecule has 4 aromatic rings. The van der Waals surface area contributed by atoms with E-state index in [0.717, 1.165) is 36.2 Å². The Morgan fingerprint density at radius 1 is 0.821 bits per heavy atom. The van der Waals surface area contributed by atoms with Crippen LogP contribution < -0.4 is 4.74 Å². The third kappa shape index (κ3) is 6.82. The van der Waals surface area contributed by atoms with Gasteiger partial charge in [0.25, 0.3) is 0 Å². The molecule has 0 radical (unpaired) electrons. The molecule has 4 aromatic carbocycles. The molecular formula is C33H28F4O2. The molecule has 1 atom stereocenters. The lowest BCUT2D eigenvalue weighted by molar-refractivity contribution is 0.0723. The van der Waals surface area contributed by atoms with Crippen LogP contribution in [0.2, 0.25) is 0 Å². The molecule has 0 N–H and O–H groups in total. The first kappa shape index (κ1) is 27.8. The Labute approximate surface area is 225 Å². The first-order chi connectivity index (χ1) is 18.8. The van der Waals surface area contributed by atoms with Crippen molar-refractivity contribution in [1.29, 1.82) is 0 Å². The molecule has 0 saturated carbocycles. The monoisotopic (exact) mass is 532 g/mol. The van der Waals surface area contributed by atoms with Crippen molar-refractivity contribution in [1.82, 2.24) is 0 Å². The van der Waals surface area contributed by atoms with E-state index in [9.17, 15) is 22.4 Å². The van der Waals surface area contributed by atoms with Crippen molar-refractivity contribution in [3.8, 4) is 16.9 Å². The van der Waals surface area contributed by atoms with Gasteiger partial charge in [-0.15, -0.1) is 0 Å². The van der Waals surface area contributed by atoms with Crippen molar-refractivity contribution in [3.05, 3.63) is 137 Å². The summed E-state index contributed by atoms with van der Waals surface area (Å²) in [5, 5.41) is 0. The van der Waals surface area contributed by atoms with Crippen LogP contribution in [-0.4, -0.2) is 5.97 Å². The first-order valence-corrected chi connectivity index (χ1v) is 12.7. The van der Waals surface area contributed by atoms with Crippen LogP contribution in [0.25, 0.3) is 11.1 Å². The van der Waals surface area contributed by atoms with Crippen LogP contribution in [-0.2, 0) is 12.8 Å². The Kier molecular flexibility index (Phi) is 8.97. The summed E-state index contributed by atoms with van der Waals surface area (Å²) in [4.78, 5) is 12.5. The fourth-order valence-corrected chi connectivity index (χ4v) is 4.45. The van der Waals surface area contributed by atoms with Gasteiger partial charge in [-0.2, -0.15) is 0 Å². The molecule has 0 fully saturated rings. The van der Waals surface area contributed by atoms with Gasteiger partial charge in [0, 0.05) is 17.7 Å². The third-order valence-corrected chi connectivity index (χ3v) is 6.57. The van der Waals surface area contributed by atoms with E-state index in [-0.39, 0.29) is 17.5 Å². The normalized spacial score (nSPS) is 12.1. The molecule has 2 nitrogen and oxygen atoms in total. The predicted molar refractivity (Wildman–Crippen MR) is 145 cm³/mol. The molecule has 0 aliphatic rings. The average molecular weight is 533 g/mol. The van der Waals surface area contributed by atoms with Crippen molar-refractivity contribution in [3.63, 3.8) is 0 Å². The maximum atomic E-state index is 14.9. The van der Waals surface area contributed by atoms with E-state index >= 15 is 0 Å². The van der Waals surface area contributed by atoms with Gasteiger partial charge >= 0.3 is 5.97 Å². The maximum absolute atomic E-state index is 14.9. The Morgan fingerprint density at radius 3 is 2.03 bits per heavy atom. The van der Waals surface area contributed by atoms with Gasteiger partial charge in [-0.1, -0.05) is 73.7 Å². The molecule has 4 rings (SSSR count). The summed E-state index contributed by atoms with van der Waals surface area (Å²) < 4.78 is 63.4. The van der Waals surface area contributed by atoms with Gasteiger partial charge in [0.15, 0.2) is 0 Å². The average Bonchev–Trinajstić information content (AvgIpc) is 2.90. The van der Waals surface area contributed by atoms with Crippen molar-refractivity contribution >= 4 is 5.97 Å². The van der Waals surface area contributed by atoms with Crippen molar-refractivity contribution in [2.75, 3.05) is 0 Å². The zero-order chi connectivity index (χ0) is 27.9. The van der Waals surface area contributed by atoms with E-state index in [1.165, 1.54) is 5.56 Å². The summed E-state index contributed by atoms with van der Waals surface area (Å²) in [5.41, 5.74) is 2.01. The van der Waals surface area contributed by atoms with Gasteiger partial charge in [0.05, 0.1) is 0 Å². The summed E-state index contributed by atoms with van der Waals surface area (Å²) in [5.74, 6) is -5.65. The Balaban J connectivity index is 1.48. The van der Waals surface area contributed by atoms with Gasteiger partial charge in [-0.3, -0.25) is 0 Å². The second-order valence-electron chi connectivity index (χ2n) is 9.39. The lowest BCUT2D eigenvalue weighted by Crippen LogP contribution is -2.14. The molecule has 0 aliphatic carbocycles. The highest BCUT2D eigenvalue weighted by Gasteiger charge is 2.23. The summed E-state index contributed by atoms with van der Waals surface area (Å²) in [6.07, 6.45) is 4.89. The molecular weight excluding hydrogens is 504 g/mol. The summed E-state index contributed by atoms with van der Waals surface area (Å²) in [6, 6.07) is 21.2. The lowest BCUT2D eigenvalue weighted by atomic mass is 9.93. The third-order valence-electron chi connectivity index (χ3n) is 6.57. The molecule has 0 aliphatic heterocycles. The number of rotatable bonds is 9. The van der Waals surface area contributed by atoms with Crippen LogP contribution in [0.4, 0.5) is 17.6 Å². The van der Waals surface area contributed by atoms with Crippen molar-refractivity contribution in [2.45, 2.75) is 39.0 Å². The quantitative estimate of drug-likeness (QED) is 0.0931. The van der Waals surface area contributed by atoms with Gasteiger partial charge < -0.3 is 4.74 Å². The smallest absolute Gasteiger partial charge is 0.349 e. The number of esters is 1. The summed E-state index contributed by atoms with van der Waals surface area (Å²) in [7, 11) is 0. The summed E-state index contributed by atoms with van der Waals surface area (Å²) in [6.45, 7) is 3.93. The SMILES string of the molecule is CC=CCCc1c(F)cc(OC(=O)c2c(F)cc(-c3ccc(C[C@@H](C)c4ccccc4)cc3)cc2F)cc1F. The van der Waals surface area contributed by atoms with Crippen LogP contribution in [0.5, 0.6) is 5.75 Å². The zero-order valence-corrected chi connectivity index (χ0v) is 21.7. The van der Waals surface area contributed by atoms with E-state index in [2.05, 4.69) is 19.1 Å². The number of allylic oxidation sites excluding steroid dienone is 2. The number of carbonyl (C=O) groups excluding carboxylic acids is 1. The largest absolute Gasteiger partial charge is 0.423 e. The molecule has 0 amide bonds. The first-order valence-electron chi connectivity index (χ1n) is 12.7. The lowest BCUT2D eigenvalue weighted by Gasteiger charge is -2.13. The van der Waals surface area contributed by atoms with Crippen LogP contribution in [0.15, 0.2) is 91.0 Å². The molecule has 0 aromatic heterocycles. The molecule has 0 heterocycles. The van der Waals surface area contributed by atoms with Crippen molar-refractivity contribution < 1.29 is 27.1 Å². The van der Waals surface area contributed by atoms with Gasteiger partial charge in [-0.05, 0) is 66.5 Å². The second kappa shape index (κ2) is 12.6. The fourth-order valence-electron chi connectivity index (χ4n) is 4.45. The topological polar surface area (TPSA) is 26.3 Å². The number of benzene rings is 4. The number of halogens is 4. The van der Waals surface area contributed by atoms with E-state index in [4.69, 9.17) is 4.74 Å². The van der Waals surface area contributed by atoms with Gasteiger partial charge in [0.2, 0.25) is 0 Å². The van der Waals surface area contributed by atoms with E-state index in [0.29, 0.717) is 17.9 Å².